The molecular weight excluding hydrogens is 470 g/mol. The number of sulfone groups is 1. The summed E-state index contributed by atoms with van der Waals surface area (Å²) in [5, 5.41) is 1.06. The zero-order valence-corrected chi connectivity index (χ0v) is 19.1. The highest BCUT2D eigenvalue weighted by molar-refractivity contribution is 7.92. The Kier molecular flexibility index (Phi) is 6.39. The molecule has 0 radical (unpaired) electrons. The van der Waals surface area contributed by atoms with Gasteiger partial charge >= 0.3 is 0 Å². The number of rotatable bonds is 7. The minimum atomic E-state index is -4.04. The Morgan fingerprint density at radius 1 is 1.07 bits per heavy atom. The highest BCUT2D eigenvalue weighted by atomic mass is 35.5. The van der Waals surface area contributed by atoms with Crippen LogP contribution in [0.3, 0.4) is 0 Å². The van der Waals surface area contributed by atoms with Crippen LogP contribution in [-0.4, -0.2) is 32.6 Å². The fraction of sp³-hybridized carbons (Fsp3) is 0.167. The standard InChI is InChI=1S/C18H18ClN3O5S3/c1-12(2)29(24,25)15-11-28-17(16(15)22-9-3-4-10-22)18(23)20-21-30(26,27)14-7-5-13(19)6-8-14/h3-12,21H,1-2H3,(H,20,23). The van der Waals surface area contributed by atoms with E-state index in [0.29, 0.717) is 5.02 Å². The molecule has 0 saturated heterocycles. The normalized spacial score (nSPS) is 12.3. The predicted molar refractivity (Wildman–Crippen MR) is 115 cm³/mol. The molecule has 3 rings (SSSR count). The quantitative estimate of drug-likeness (QED) is 0.497. The van der Waals surface area contributed by atoms with Crippen molar-refractivity contribution in [2.75, 3.05) is 0 Å². The zero-order chi connectivity index (χ0) is 22.1. The lowest BCUT2D eigenvalue weighted by Crippen LogP contribution is -2.41. The number of carbonyl (C=O) groups is 1. The molecule has 2 heterocycles. The first-order valence-electron chi connectivity index (χ1n) is 8.60. The molecule has 3 aromatic rings. The lowest BCUT2D eigenvalue weighted by molar-refractivity contribution is 0.0949. The van der Waals surface area contributed by atoms with E-state index < -0.39 is 31.0 Å². The van der Waals surface area contributed by atoms with E-state index in [2.05, 4.69) is 5.43 Å². The maximum atomic E-state index is 12.8. The Labute approximate surface area is 183 Å². The van der Waals surface area contributed by atoms with E-state index in [-0.39, 0.29) is 20.4 Å². The number of aromatic nitrogens is 1. The Morgan fingerprint density at radius 2 is 1.67 bits per heavy atom. The average Bonchev–Trinajstić information content (AvgIpc) is 3.35. The summed E-state index contributed by atoms with van der Waals surface area (Å²) in [6.07, 6.45) is 3.21. The van der Waals surface area contributed by atoms with Crippen LogP contribution in [0.1, 0.15) is 23.5 Å². The van der Waals surface area contributed by atoms with Gasteiger partial charge in [-0.1, -0.05) is 11.6 Å². The molecule has 160 valence electrons. The Hall–Kier alpha value is -2.18. The highest BCUT2D eigenvalue weighted by Crippen LogP contribution is 2.32. The number of hydrogen-bond acceptors (Lipinski definition) is 6. The number of halogens is 1. The zero-order valence-electron chi connectivity index (χ0n) is 15.9. The van der Waals surface area contributed by atoms with Crippen molar-refractivity contribution in [2.45, 2.75) is 28.9 Å². The molecule has 1 amide bonds. The third-order valence-corrected chi connectivity index (χ3v) is 8.95. The van der Waals surface area contributed by atoms with Crippen molar-refractivity contribution in [2.24, 2.45) is 0 Å². The number of sulfonamides is 1. The monoisotopic (exact) mass is 487 g/mol. The second-order valence-corrected chi connectivity index (χ2v) is 11.9. The topological polar surface area (TPSA) is 114 Å². The van der Waals surface area contributed by atoms with Crippen LogP contribution in [0.25, 0.3) is 5.69 Å². The van der Waals surface area contributed by atoms with Crippen molar-refractivity contribution in [1.82, 2.24) is 14.8 Å². The molecule has 0 atom stereocenters. The second-order valence-electron chi connectivity index (χ2n) is 6.48. The van der Waals surface area contributed by atoms with Crippen LogP contribution in [0.15, 0.2) is 64.0 Å². The van der Waals surface area contributed by atoms with Crippen LogP contribution < -0.4 is 10.3 Å². The Balaban J connectivity index is 1.93. The van der Waals surface area contributed by atoms with Gasteiger partial charge in [-0.25, -0.2) is 16.8 Å². The van der Waals surface area contributed by atoms with E-state index in [1.165, 1.54) is 34.2 Å². The van der Waals surface area contributed by atoms with Gasteiger partial charge in [-0.05, 0) is 50.2 Å². The third-order valence-electron chi connectivity index (χ3n) is 4.15. The summed E-state index contributed by atoms with van der Waals surface area (Å²) < 4.78 is 51.8. The van der Waals surface area contributed by atoms with Crippen LogP contribution in [-0.2, 0) is 19.9 Å². The summed E-state index contributed by atoms with van der Waals surface area (Å²) >= 11 is 6.67. The molecule has 30 heavy (non-hydrogen) atoms. The number of carbonyl (C=O) groups excluding carboxylic acids is 1. The molecule has 0 bridgehead atoms. The molecular formula is C18H18ClN3O5S3. The molecule has 0 saturated carbocycles. The summed E-state index contributed by atoms with van der Waals surface area (Å²) in [4.78, 5) is 14.7. The van der Waals surface area contributed by atoms with Gasteiger partial charge in [-0.3, -0.25) is 10.2 Å². The molecule has 0 aliphatic carbocycles. The van der Waals surface area contributed by atoms with Gasteiger partial charge in [0.1, 0.15) is 9.77 Å². The number of thiophene rings is 1. The lowest BCUT2D eigenvalue weighted by Gasteiger charge is -2.12. The van der Waals surface area contributed by atoms with E-state index >= 15 is 0 Å². The molecule has 0 fully saturated rings. The number of amides is 1. The van der Waals surface area contributed by atoms with Gasteiger partial charge in [0, 0.05) is 22.8 Å². The summed E-state index contributed by atoms with van der Waals surface area (Å²) in [5.74, 6) is -0.786. The smallest absolute Gasteiger partial charge is 0.278 e. The Morgan fingerprint density at radius 3 is 2.23 bits per heavy atom. The predicted octanol–water partition coefficient (Wildman–Crippen LogP) is 3.00. The molecule has 0 spiro atoms. The van der Waals surface area contributed by atoms with Crippen molar-refractivity contribution < 1.29 is 21.6 Å². The van der Waals surface area contributed by atoms with Crippen LogP contribution in [0.5, 0.6) is 0 Å². The number of hydrazine groups is 1. The Bertz CT molecular complexity index is 1260. The minimum absolute atomic E-state index is 0.00408. The summed E-state index contributed by atoms with van der Waals surface area (Å²) in [6, 6.07) is 8.78. The largest absolute Gasteiger partial charge is 0.321 e. The molecule has 12 heteroatoms. The fourth-order valence-electron chi connectivity index (χ4n) is 2.52. The van der Waals surface area contributed by atoms with Crippen LogP contribution >= 0.6 is 22.9 Å². The maximum Gasteiger partial charge on any atom is 0.278 e. The number of benzene rings is 1. The van der Waals surface area contributed by atoms with Crippen molar-refractivity contribution >= 4 is 48.7 Å². The number of hydrogen-bond donors (Lipinski definition) is 2. The first-order chi connectivity index (χ1) is 14.0. The van der Waals surface area contributed by atoms with Crippen LogP contribution in [0.2, 0.25) is 5.02 Å². The van der Waals surface area contributed by atoms with E-state index in [0.717, 1.165) is 11.3 Å². The van der Waals surface area contributed by atoms with E-state index in [4.69, 9.17) is 11.6 Å². The molecule has 0 aliphatic heterocycles. The molecule has 2 aromatic heterocycles. The molecule has 0 unspecified atom stereocenters. The summed E-state index contributed by atoms with van der Waals surface area (Å²) in [5.41, 5.74) is 2.31. The fourth-order valence-corrected chi connectivity index (χ4v) is 6.04. The van der Waals surface area contributed by atoms with Crippen molar-refractivity contribution in [3.63, 3.8) is 0 Å². The third kappa shape index (κ3) is 4.44. The van der Waals surface area contributed by atoms with Crippen molar-refractivity contribution in [1.29, 1.82) is 0 Å². The molecule has 2 N–H and O–H groups in total. The minimum Gasteiger partial charge on any atom is -0.321 e. The van der Waals surface area contributed by atoms with Gasteiger partial charge in [0.05, 0.1) is 15.8 Å². The highest BCUT2D eigenvalue weighted by Gasteiger charge is 2.30. The van der Waals surface area contributed by atoms with Crippen molar-refractivity contribution in [3.8, 4) is 5.69 Å². The summed E-state index contributed by atoms with van der Waals surface area (Å²) in [7, 11) is -7.72. The maximum absolute atomic E-state index is 12.8. The van der Waals surface area contributed by atoms with Gasteiger partial charge < -0.3 is 4.57 Å². The van der Waals surface area contributed by atoms with Gasteiger partial charge in [-0.2, -0.15) is 0 Å². The lowest BCUT2D eigenvalue weighted by atomic mass is 10.3. The SMILES string of the molecule is CC(C)S(=O)(=O)c1csc(C(=O)NNS(=O)(=O)c2ccc(Cl)cc2)c1-n1cccc1. The van der Waals surface area contributed by atoms with E-state index in [1.807, 2.05) is 4.83 Å². The first-order valence-corrected chi connectivity index (χ1v) is 12.9. The van der Waals surface area contributed by atoms with Crippen LogP contribution in [0, 0.1) is 0 Å². The number of nitrogens with zero attached hydrogens (tertiary/aromatic N) is 1. The first kappa shape index (κ1) is 22.5. The molecule has 8 nitrogen and oxygen atoms in total. The van der Waals surface area contributed by atoms with Crippen LogP contribution in [0.4, 0.5) is 0 Å². The second kappa shape index (κ2) is 8.52. The van der Waals surface area contributed by atoms with Gasteiger partial charge in [-0.15, -0.1) is 16.2 Å². The number of nitrogens with one attached hydrogen (secondary N) is 2. The summed E-state index contributed by atoms with van der Waals surface area (Å²) in [6.45, 7) is 3.10. The van der Waals surface area contributed by atoms with Gasteiger partial charge in [0.2, 0.25) is 0 Å². The van der Waals surface area contributed by atoms with Gasteiger partial charge in [0.25, 0.3) is 15.9 Å². The van der Waals surface area contributed by atoms with E-state index in [9.17, 15) is 21.6 Å². The average molecular weight is 488 g/mol. The van der Waals surface area contributed by atoms with Crippen molar-refractivity contribution in [3.05, 3.63) is 64.1 Å². The van der Waals surface area contributed by atoms with Gasteiger partial charge in [0.15, 0.2) is 9.84 Å². The molecule has 0 aliphatic rings. The van der Waals surface area contributed by atoms with E-state index in [1.54, 1.807) is 38.4 Å². The molecule has 1 aromatic carbocycles.